The van der Waals surface area contributed by atoms with Crippen LogP contribution in [0.25, 0.3) is 16.6 Å². The van der Waals surface area contributed by atoms with E-state index in [0.717, 1.165) is 38.4 Å². The van der Waals surface area contributed by atoms with Crippen LogP contribution in [0.5, 0.6) is 11.6 Å². The van der Waals surface area contributed by atoms with Crippen LogP contribution < -0.4 is 15.8 Å². The molecule has 2 aromatic carbocycles. The minimum absolute atomic E-state index is 0.323. The van der Waals surface area contributed by atoms with Gasteiger partial charge in [-0.2, -0.15) is 0 Å². The van der Waals surface area contributed by atoms with Crippen molar-refractivity contribution in [3.8, 4) is 11.6 Å². The lowest BCUT2D eigenvalue weighted by atomic mass is 9.96. The lowest BCUT2D eigenvalue weighted by Gasteiger charge is -2.19. The fourth-order valence-electron chi connectivity index (χ4n) is 3.97. The van der Waals surface area contributed by atoms with Crippen molar-refractivity contribution < 1.29 is 4.74 Å². The van der Waals surface area contributed by atoms with E-state index in [2.05, 4.69) is 42.6 Å². The number of anilines is 2. The van der Waals surface area contributed by atoms with Crippen molar-refractivity contribution in [1.29, 1.82) is 0 Å². The number of hydrogen-bond acceptors (Lipinski definition) is 9. The Labute approximate surface area is 213 Å². The third kappa shape index (κ3) is 5.45. The maximum Gasteiger partial charge on any atom is 0.224 e. The molecule has 0 fully saturated rings. The number of nitrogens with two attached hydrogens (primary N) is 1. The van der Waals surface area contributed by atoms with E-state index in [1.807, 2.05) is 45.0 Å². The zero-order chi connectivity index (χ0) is 25.3. The van der Waals surface area contributed by atoms with Gasteiger partial charge < -0.3 is 15.8 Å². The number of hydrogen-bond donors (Lipinski definition) is 2. The Morgan fingerprint density at radius 3 is 2.75 bits per heavy atom. The second kappa shape index (κ2) is 9.56. The topological polar surface area (TPSA) is 116 Å². The summed E-state index contributed by atoms with van der Waals surface area (Å²) < 4.78 is 7.70. The molecule has 0 spiro atoms. The quantitative estimate of drug-likeness (QED) is 0.287. The van der Waals surface area contributed by atoms with Gasteiger partial charge in [-0.05, 0) is 73.5 Å². The van der Waals surface area contributed by atoms with Crippen LogP contribution in [0.15, 0.2) is 61.4 Å². The van der Waals surface area contributed by atoms with E-state index in [1.54, 1.807) is 29.4 Å². The molecular formula is C26H26N8OS. The molecule has 0 amide bonds. The monoisotopic (exact) mass is 498 g/mol. The molecule has 0 unspecified atom stereocenters. The molecule has 0 saturated carbocycles. The van der Waals surface area contributed by atoms with Crippen molar-refractivity contribution in [3.63, 3.8) is 0 Å². The maximum absolute atomic E-state index is 6.14. The largest absolute Gasteiger partial charge is 0.439 e. The number of aromatic nitrogens is 6. The van der Waals surface area contributed by atoms with Gasteiger partial charge in [0.25, 0.3) is 0 Å². The summed E-state index contributed by atoms with van der Waals surface area (Å²) in [5, 5.41) is 12.2. The molecule has 5 rings (SSSR count). The average Bonchev–Trinajstić information content (AvgIpc) is 3.28. The predicted octanol–water partition coefficient (Wildman–Crippen LogP) is 4.95. The molecule has 3 aromatic heterocycles. The molecule has 0 saturated heterocycles. The predicted molar refractivity (Wildman–Crippen MR) is 144 cm³/mol. The molecule has 3 heterocycles. The number of fused-ring (bicyclic) bond motifs is 2. The second-order valence-electron chi connectivity index (χ2n) is 9.49. The van der Waals surface area contributed by atoms with Crippen molar-refractivity contribution >= 4 is 45.1 Å². The molecule has 0 atom stereocenters. The highest BCUT2D eigenvalue weighted by molar-refractivity contribution is 7.80. The van der Waals surface area contributed by atoms with E-state index in [0.29, 0.717) is 30.1 Å². The van der Waals surface area contributed by atoms with Gasteiger partial charge in [0.2, 0.25) is 5.88 Å². The summed E-state index contributed by atoms with van der Waals surface area (Å²) in [7, 11) is 0. The summed E-state index contributed by atoms with van der Waals surface area (Å²) in [6.07, 6.45) is 6.14. The molecule has 0 bridgehead atoms. The molecule has 9 nitrogen and oxygen atoms in total. The van der Waals surface area contributed by atoms with Crippen LogP contribution in [0.2, 0.25) is 0 Å². The molecule has 0 aliphatic carbocycles. The average molecular weight is 499 g/mol. The van der Waals surface area contributed by atoms with E-state index in [4.69, 9.17) is 22.7 Å². The van der Waals surface area contributed by atoms with Gasteiger partial charge in [-0.15, -0.1) is 10.2 Å². The summed E-state index contributed by atoms with van der Waals surface area (Å²) in [6.45, 7) is 5.95. The third-order valence-electron chi connectivity index (χ3n) is 5.57. The summed E-state index contributed by atoms with van der Waals surface area (Å²) in [5.74, 6) is 1.87. The van der Waals surface area contributed by atoms with Gasteiger partial charge in [-0.25, -0.2) is 15.0 Å². The standard InChI is InChI=1S/C26H26N8OS/c1-16-8-18(5-7-22(16)35-24-11-23-33-31-15-34(23)14-30-24)32-25-20-10-17(4-6-21(20)28-13-29-25)9-19(36)12-26(2,3)27/h4-8,10-11,13-15H,9,12,27H2,1-3H3,(H,28,29,32). The highest BCUT2D eigenvalue weighted by Gasteiger charge is 2.15. The number of benzene rings is 2. The highest BCUT2D eigenvalue weighted by atomic mass is 32.1. The molecule has 3 N–H and O–H groups in total. The van der Waals surface area contributed by atoms with Crippen LogP contribution in [0.1, 0.15) is 31.4 Å². The summed E-state index contributed by atoms with van der Waals surface area (Å²) in [6, 6.07) is 13.7. The fourth-order valence-corrected chi connectivity index (χ4v) is 4.51. The first-order valence-corrected chi connectivity index (χ1v) is 11.9. The van der Waals surface area contributed by atoms with E-state index >= 15 is 0 Å². The fraction of sp³-hybridized carbons (Fsp3) is 0.231. The van der Waals surface area contributed by atoms with Crippen molar-refractivity contribution in [2.45, 2.75) is 39.2 Å². The van der Waals surface area contributed by atoms with Crippen LogP contribution in [-0.2, 0) is 6.42 Å². The smallest absolute Gasteiger partial charge is 0.224 e. The first-order valence-electron chi connectivity index (χ1n) is 11.5. The minimum Gasteiger partial charge on any atom is -0.439 e. The van der Waals surface area contributed by atoms with Crippen molar-refractivity contribution in [3.05, 3.63) is 72.6 Å². The van der Waals surface area contributed by atoms with Crippen LogP contribution >= 0.6 is 12.2 Å². The van der Waals surface area contributed by atoms with Gasteiger partial charge in [0.1, 0.15) is 30.5 Å². The highest BCUT2D eigenvalue weighted by Crippen LogP contribution is 2.30. The van der Waals surface area contributed by atoms with Crippen LogP contribution in [-0.4, -0.2) is 40.0 Å². The molecule has 182 valence electrons. The number of nitrogens with zero attached hydrogens (tertiary/aromatic N) is 6. The lowest BCUT2D eigenvalue weighted by molar-refractivity contribution is 0.458. The van der Waals surface area contributed by atoms with E-state index < -0.39 is 0 Å². The van der Waals surface area contributed by atoms with Gasteiger partial charge in [0, 0.05) is 29.1 Å². The number of rotatable bonds is 8. The SMILES string of the molecule is Cc1cc(Nc2ncnc3ccc(CC(=S)CC(C)(C)N)cc23)ccc1Oc1cc2nncn2cn1. The van der Waals surface area contributed by atoms with Crippen LogP contribution in [0, 0.1) is 6.92 Å². The second-order valence-corrected chi connectivity index (χ2v) is 10.1. The van der Waals surface area contributed by atoms with Gasteiger partial charge in [0.15, 0.2) is 5.65 Å². The Morgan fingerprint density at radius 2 is 1.94 bits per heavy atom. The Morgan fingerprint density at radius 1 is 1.08 bits per heavy atom. The summed E-state index contributed by atoms with van der Waals surface area (Å²) in [5.41, 5.74) is 10.3. The van der Waals surface area contributed by atoms with Gasteiger partial charge in [0.05, 0.1) is 5.52 Å². The molecule has 0 radical (unpaired) electrons. The zero-order valence-electron chi connectivity index (χ0n) is 20.3. The molecule has 0 aliphatic rings. The van der Waals surface area contributed by atoms with Crippen LogP contribution in [0.4, 0.5) is 11.5 Å². The van der Waals surface area contributed by atoms with Gasteiger partial charge in [-0.3, -0.25) is 4.40 Å². The normalized spacial score (nSPS) is 11.7. The Kier molecular flexibility index (Phi) is 6.29. The van der Waals surface area contributed by atoms with E-state index in [9.17, 15) is 0 Å². The first-order chi connectivity index (χ1) is 17.2. The van der Waals surface area contributed by atoms with E-state index in [1.165, 1.54) is 0 Å². The van der Waals surface area contributed by atoms with Crippen molar-refractivity contribution in [2.75, 3.05) is 5.32 Å². The molecule has 36 heavy (non-hydrogen) atoms. The summed E-state index contributed by atoms with van der Waals surface area (Å²) >= 11 is 5.59. The third-order valence-corrected chi connectivity index (χ3v) is 5.86. The maximum atomic E-state index is 6.14. The molecule has 5 aromatic rings. The van der Waals surface area contributed by atoms with Crippen molar-refractivity contribution in [2.24, 2.45) is 5.73 Å². The van der Waals surface area contributed by atoms with Crippen molar-refractivity contribution in [1.82, 2.24) is 29.5 Å². The zero-order valence-corrected chi connectivity index (χ0v) is 21.1. The molecule has 0 aliphatic heterocycles. The van der Waals surface area contributed by atoms with E-state index in [-0.39, 0.29) is 5.54 Å². The summed E-state index contributed by atoms with van der Waals surface area (Å²) in [4.78, 5) is 14.1. The number of nitrogens with one attached hydrogen (secondary N) is 1. The Hall–Kier alpha value is -4.02. The number of ether oxygens (including phenoxy) is 1. The molecular weight excluding hydrogens is 472 g/mol. The van der Waals surface area contributed by atoms with Gasteiger partial charge in [-0.1, -0.05) is 18.3 Å². The van der Waals surface area contributed by atoms with Crippen LogP contribution in [0.3, 0.4) is 0 Å². The number of thiocarbonyl (C=S) groups is 1. The Bertz CT molecular complexity index is 1570. The lowest BCUT2D eigenvalue weighted by Crippen LogP contribution is -2.34. The first kappa shape index (κ1) is 23.7. The molecule has 10 heteroatoms. The number of aryl methyl sites for hydroxylation is 1. The van der Waals surface area contributed by atoms with Gasteiger partial charge >= 0.3 is 0 Å². The Balaban J connectivity index is 1.36. The minimum atomic E-state index is -0.323.